The van der Waals surface area contributed by atoms with Gasteiger partial charge in [0.2, 0.25) is 0 Å². The number of nitrogens with zero attached hydrogens (tertiary/aromatic N) is 2. The largest absolute Gasteiger partial charge is 0.468 e. The number of carbonyl (C=O) groups is 1. The van der Waals surface area contributed by atoms with E-state index in [2.05, 4.69) is 9.84 Å². The maximum atomic E-state index is 11.5. The Hall–Kier alpha value is -2.14. The van der Waals surface area contributed by atoms with Crippen LogP contribution in [-0.4, -0.2) is 28.4 Å². The van der Waals surface area contributed by atoms with Gasteiger partial charge in [-0.2, -0.15) is 5.10 Å². The molecule has 0 saturated carbocycles. The first kappa shape index (κ1) is 13.3. The SMILES string of the molecule is COC(=O)C(C)(N)Cn1cc(-c2ccccc2)cn1. The fraction of sp³-hybridized carbons (Fsp3) is 0.286. The molecule has 0 aliphatic rings. The Morgan fingerprint density at radius 3 is 2.68 bits per heavy atom. The van der Waals surface area contributed by atoms with Crippen LogP contribution in [0.4, 0.5) is 0 Å². The van der Waals surface area contributed by atoms with E-state index in [4.69, 9.17) is 5.73 Å². The average Bonchev–Trinajstić information content (AvgIpc) is 2.86. The Morgan fingerprint density at radius 2 is 2.05 bits per heavy atom. The molecule has 1 aromatic heterocycles. The van der Waals surface area contributed by atoms with E-state index < -0.39 is 11.5 Å². The predicted octanol–water partition coefficient (Wildman–Crippen LogP) is 1.44. The second kappa shape index (κ2) is 5.24. The molecule has 0 bridgehead atoms. The number of benzene rings is 1. The molecule has 2 rings (SSSR count). The summed E-state index contributed by atoms with van der Waals surface area (Å²) in [6.07, 6.45) is 3.62. The van der Waals surface area contributed by atoms with E-state index >= 15 is 0 Å². The first-order valence-corrected chi connectivity index (χ1v) is 5.98. The summed E-state index contributed by atoms with van der Waals surface area (Å²) >= 11 is 0. The number of aromatic nitrogens is 2. The highest BCUT2D eigenvalue weighted by molar-refractivity contribution is 5.79. The van der Waals surface area contributed by atoms with Crippen molar-refractivity contribution in [3.05, 3.63) is 42.7 Å². The van der Waals surface area contributed by atoms with Gasteiger partial charge in [0.15, 0.2) is 0 Å². The third-order valence-corrected chi connectivity index (χ3v) is 2.88. The lowest BCUT2D eigenvalue weighted by Gasteiger charge is -2.20. The van der Waals surface area contributed by atoms with Crippen molar-refractivity contribution >= 4 is 5.97 Å². The number of rotatable bonds is 4. The van der Waals surface area contributed by atoms with Gasteiger partial charge >= 0.3 is 5.97 Å². The minimum atomic E-state index is -1.09. The van der Waals surface area contributed by atoms with E-state index in [-0.39, 0.29) is 6.54 Å². The van der Waals surface area contributed by atoms with Gasteiger partial charge in [0.25, 0.3) is 0 Å². The van der Waals surface area contributed by atoms with Crippen molar-refractivity contribution in [3.63, 3.8) is 0 Å². The van der Waals surface area contributed by atoms with Crippen molar-refractivity contribution in [2.45, 2.75) is 19.0 Å². The van der Waals surface area contributed by atoms with Crippen LogP contribution >= 0.6 is 0 Å². The second-order valence-electron chi connectivity index (χ2n) is 4.70. The van der Waals surface area contributed by atoms with E-state index in [0.717, 1.165) is 11.1 Å². The molecule has 19 heavy (non-hydrogen) atoms. The van der Waals surface area contributed by atoms with Gasteiger partial charge in [-0.15, -0.1) is 0 Å². The van der Waals surface area contributed by atoms with Gasteiger partial charge in [-0.3, -0.25) is 9.48 Å². The second-order valence-corrected chi connectivity index (χ2v) is 4.70. The minimum Gasteiger partial charge on any atom is -0.468 e. The lowest BCUT2D eigenvalue weighted by molar-refractivity contribution is -0.147. The molecule has 0 aliphatic carbocycles. The van der Waals surface area contributed by atoms with Crippen LogP contribution in [0.3, 0.4) is 0 Å². The highest BCUT2D eigenvalue weighted by Gasteiger charge is 2.30. The number of hydrogen-bond acceptors (Lipinski definition) is 4. The van der Waals surface area contributed by atoms with Crippen LogP contribution in [-0.2, 0) is 16.1 Å². The zero-order valence-corrected chi connectivity index (χ0v) is 11.0. The van der Waals surface area contributed by atoms with Crippen molar-refractivity contribution in [2.24, 2.45) is 5.73 Å². The standard InChI is InChI=1S/C14H17N3O2/c1-14(15,13(18)19-2)10-17-9-12(8-16-17)11-6-4-3-5-7-11/h3-9H,10,15H2,1-2H3. The molecule has 1 aromatic carbocycles. The maximum absolute atomic E-state index is 11.5. The van der Waals surface area contributed by atoms with Crippen molar-refractivity contribution in [1.82, 2.24) is 9.78 Å². The number of nitrogens with two attached hydrogens (primary N) is 1. The molecule has 0 amide bonds. The normalized spacial score (nSPS) is 13.8. The molecule has 100 valence electrons. The lowest BCUT2D eigenvalue weighted by Crippen LogP contribution is -2.49. The summed E-state index contributed by atoms with van der Waals surface area (Å²) < 4.78 is 6.33. The van der Waals surface area contributed by atoms with Crippen molar-refractivity contribution < 1.29 is 9.53 Å². The zero-order valence-electron chi connectivity index (χ0n) is 11.0. The average molecular weight is 259 g/mol. The summed E-state index contributed by atoms with van der Waals surface area (Å²) in [5.74, 6) is -0.454. The van der Waals surface area contributed by atoms with Gasteiger partial charge in [-0.1, -0.05) is 30.3 Å². The van der Waals surface area contributed by atoms with Gasteiger partial charge in [0, 0.05) is 11.8 Å². The van der Waals surface area contributed by atoms with Crippen molar-refractivity contribution in [1.29, 1.82) is 0 Å². The maximum Gasteiger partial charge on any atom is 0.327 e. The smallest absolute Gasteiger partial charge is 0.327 e. The molecule has 5 nitrogen and oxygen atoms in total. The molecule has 0 radical (unpaired) electrons. The fourth-order valence-electron chi connectivity index (χ4n) is 1.86. The van der Waals surface area contributed by atoms with Crippen LogP contribution in [0.25, 0.3) is 11.1 Å². The van der Waals surface area contributed by atoms with Crippen molar-refractivity contribution in [3.8, 4) is 11.1 Å². The summed E-state index contributed by atoms with van der Waals surface area (Å²) in [6, 6.07) is 9.90. The number of methoxy groups -OCH3 is 1. The Morgan fingerprint density at radius 1 is 1.37 bits per heavy atom. The molecule has 0 saturated heterocycles. The molecule has 0 aliphatic heterocycles. The van der Waals surface area contributed by atoms with Crippen molar-refractivity contribution in [2.75, 3.05) is 7.11 Å². The molecule has 5 heteroatoms. The third kappa shape index (κ3) is 3.00. The van der Waals surface area contributed by atoms with Crippen LogP contribution in [0.2, 0.25) is 0 Å². The monoisotopic (exact) mass is 259 g/mol. The van der Waals surface area contributed by atoms with Gasteiger partial charge < -0.3 is 10.5 Å². The zero-order chi connectivity index (χ0) is 13.9. The number of carbonyl (C=O) groups excluding carboxylic acids is 1. The van der Waals surface area contributed by atoms with Gasteiger partial charge in [-0.25, -0.2) is 0 Å². The predicted molar refractivity (Wildman–Crippen MR) is 72.3 cm³/mol. The fourth-order valence-corrected chi connectivity index (χ4v) is 1.86. The third-order valence-electron chi connectivity index (χ3n) is 2.88. The van der Waals surface area contributed by atoms with Gasteiger partial charge in [0.05, 0.1) is 19.9 Å². The molecule has 0 fully saturated rings. The summed E-state index contributed by atoms with van der Waals surface area (Å²) in [7, 11) is 1.33. The highest BCUT2D eigenvalue weighted by atomic mass is 16.5. The minimum absolute atomic E-state index is 0.270. The molecule has 1 unspecified atom stereocenters. The summed E-state index contributed by atoms with van der Waals surface area (Å²) in [5.41, 5.74) is 6.89. The molecular formula is C14H17N3O2. The molecule has 1 heterocycles. The summed E-state index contributed by atoms with van der Waals surface area (Å²) in [5, 5.41) is 4.22. The number of esters is 1. The summed E-state index contributed by atoms with van der Waals surface area (Å²) in [6.45, 7) is 1.90. The topological polar surface area (TPSA) is 70.1 Å². The molecule has 1 atom stereocenters. The molecule has 0 spiro atoms. The Labute approximate surface area is 112 Å². The van der Waals surface area contributed by atoms with E-state index in [0.29, 0.717) is 0 Å². The van der Waals surface area contributed by atoms with Crippen LogP contribution < -0.4 is 5.73 Å². The van der Waals surface area contributed by atoms with E-state index in [1.807, 2.05) is 36.5 Å². The van der Waals surface area contributed by atoms with Gasteiger partial charge in [-0.05, 0) is 12.5 Å². The molecular weight excluding hydrogens is 242 g/mol. The highest BCUT2D eigenvalue weighted by Crippen LogP contribution is 2.18. The van der Waals surface area contributed by atoms with Crippen LogP contribution in [0, 0.1) is 0 Å². The Kier molecular flexibility index (Phi) is 3.66. The van der Waals surface area contributed by atoms with Crippen LogP contribution in [0.1, 0.15) is 6.92 Å². The first-order valence-electron chi connectivity index (χ1n) is 5.98. The number of hydrogen-bond donors (Lipinski definition) is 1. The number of ether oxygens (including phenoxy) is 1. The van der Waals surface area contributed by atoms with Gasteiger partial charge in [0.1, 0.15) is 5.54 Å². The quantitative estimate of drug-likeness (QED) is 0.843. The molecule has 2 aromatic rings. The van der Waals surface area contributed by atoms with Crippen LogP contribution in [0.5, 0.6) is 0 Å². The Bertz CT molecular complexity index is 561. The Balaban J connectivity index is 2.16. The first-order chi connectivity index (χ1) is 9.03. The lowest BCUT2D eigenvalue weighted by atomic mass is 10.1. The molecule has 2 N–H and O–H groups in total. The van der Waals surface area contributed by atoms with E-state index in [1.165, 1.54) is 7.11 Å². The van der Waals surface area contributed by atoms with E-state index in [9.17, 15) is 4.79 Å². The van der Waals surface area contributed by atoms with E-state index in [1.54, 1.807) is 17.8 Å². The summed E-state index contributed by atoms with van der Waals surface area (Å²) in [4.78, 5) is 11.5. The van der Waals surface area contributed by atoms with Crippen LogP contribution in [0.15, 0.2) is 42.7 Å².